The van der Waals surface area contributed by atoms with E-state index in [9.17, 15) is 4.79 Å². The van der Waals surface area contributed by atoms with Crippen LogP contribution in [0.2, 0.25) is 0 Å². The van der Waals surface area contributed by atoms with Crippen LogP contribution in [0.5, 0.6) is 0 Å². The molecule has 0 aliphatic carbocycles. The monoisotopic (exact) mass is 243 g/mol. The van der Waals surface area contributed by atoms with Crippen LogP contribution in [-0.4, -0.2) is 40.7 Å². The molecule has 1 aliphatic rings. The Kier molecular flexibility index (Phi) is 2.88. The van der Waals surface area contributed by atoms with Crippen molar-refractivity contribution in [2.24, 2.45) is 0 Å². The highest BCUT2D eigenvalue weighted by molar-refractivity contribution is 5.83. The normalized spacial score (nSPS) is 21.3. The number of pyridine rings is 1. The molecule has 1 saturated heterocycles. The smallest absolute Gasteiger partial charge is 0.170 e. The molecule has 0 spiro atoms. The largest absolute Gasteiger partial charge is 0.306 e. The fourth-order valence-electron chi connectivity index (χ4n) is 2.84. The average Bonchev–Trinajstić information content (AvgIpc) is 2.77. The van der Waals surface area contributed by atoms with Gasteiger partial charge in [-0.05, 0) is 38.6 Å². The van der Waals surface area contributed by atoms with Crippen molar-refractivity contribution in [2.75, 3.05) is 20.1 Å². The standard InChI is InChI=1S/C14H17N3O/c1-16-7-4-5-11(9-16)14-15-12(10-18)13-6-2-3-8-17(13)14/h2-3,6,8,10-11H,4-5,7,9H2,1H3. The molecular weight excluding hydrogens is 226 g/mol. The molecule has 94 valence electrons. The van der Waals surface area contributed by atoms with Crippen LogP contribution in [0.4, 0.5) is 0 Å². The van der Waals surface area contributed by atoms with Gasteiger partial charge >= 0.3 is 0 Å². The van der Waals surface area contributed by atoms with Crippen molar-refractivity contribution in [3.8, 4) is 0 Å². The number of piperidine rings is 1. The number of likely N-dealkylation sites (tertiary alicyclic amines) is 1. The van der Waals surface area contributed by atoms with Crippen LogP contribution in [0.3, 0.4) is 0 Å². The van der Waals surface area contributed by atoms with E-state index in [1.165, 1.54) is 6.42 Å². The van der Waals surface area contributed by atoms with E-state index < -0.39 is 0 Å². The molecule has 0 saturated carbocycles. The van der Waals surface area contributed by atoms with E-state index in [-0.39, 0.29) is 0 Å². The summed E-state index contributed by atoms with van der Waals surface area (Å²) < 4.78 is 2.06. The average molecular weight is 243 g/mol. The van der Waals surface area contributed by atoms with Crippen molar-refractivity contribution in [3.63, 3.8) is 0 Å². The number of carbonyl (C=O) groups is 1. The van der Waals surface area contributed by atoms with Crippen LogP contribution in [0.25, 0.3) is 5.52 Å². The molecule has 4 heteroatoms. The van der Waals surface area contributed by atoms with Gasteiger partial charge in [-0.25, -0.2) is 4.98 Å². The Morgan fingerprint density at radius 3 is 3.11 bits per heavy atom. The second kappa shape index (κ2) is 4.53. The Morgan fingerprint density at radius 1 is 1.44 bits per heavy atom. The predicted octanol–water partition coefficient (Wildman–Crippen LogP) is 1.96. The summed E-state index contributed by atoms with van der Waals surface area (Å²) in [5.74, 6) is 1.45. The summed E-state index contributed by atoms with van der Waals surface area (Å²) >= 11 is 0. The van der Waals surface area contributed by atoms with E-state index in [1.54, 1.807) is 0 Å². The van der Waals surface area contributed by atoms with Crippen LogP contribution in [-0.2, 0) is 0 Å². The van der Waals surface area contributed by atoms with Crippen molar-refractivity contribution >= 4 is 11.8 Å². The maximum atomic E-state index is 11.1. The molecule has 0 aromatic carbocycles. The van der Waals surface area contributed by atoms with Crippen LogP contribution in [0.15, 0.2) is 24.4 Å². The minimum atomic E-state index is 0.423. The molecule has 18 heavy (non-hydrogen) atoms. The molecule has 1 aliphatic heterocycles. The van der Waals surface area contributed by atoms with Gasteiger partial charge in [0, 0.05) is 18.7 Å². The number of hydrogen-bond donors (Lipinski definition) is 0. The van der Waals surface area contributed by atoms with Gasteiger partial charge in [0.15, 0.2) is 6.29 Å². The number of hydrogen-bond acceptors (Lipinski definition) is 3. The lowest BCUT2D eigenvalue weighted by Crippen LogP contribution is -2.31. The van der Waals surface area contributed by atoms with Crippen molar-refractivity contribution in [1.82, 2.24) is 14.3 Å². The first-order valence-corrected chi connectivity index (χ1v) is 6.40. The predicted molar refractivity (Wildman–Crippen MR) is 70.1 cm³/mol. The van der Waals surface area contributed by atoms with E-state index >= 15 is 0 Å². The number of likely N-dealkylation sites (N-methyl/N-ethyl adjacent to an activating group) is 1. The molecule has 3 rings (SSSR count). The fourth-order valence-corrected chi connectivity index (χ4v) is 2.84. The molecule has 0 radical (unpaired) electrons. The summed E-state index contributed by atoms with van der Waals surface area (Å²) in [5.41, 5.74) is 1.47. The summed E-state index contributed by atoms with van der Waals surface area (Å²) in [4.78, 5) is 18.0. The minimum Gasteiger partial charge on any atom is -0.306 e. The highest BCUT2D eigenvalue weighted by Crippen LogP contribution is 2.27. The van der Waals surface area contributed by atoms with Gasteiger partial charge in [-0.1, -0.05) is 6.07 Å². The maximum Gasteiger partial charge on any atom is 0.170 e. The SMILES string of the molecule is CN1CCCC(c2nc(C=O)c3ccccn23)C1. The first-order valence-electron chi connectivity index (χ1n) is 6.40. The topological polar surface area (TPSA) is 37.6 Å². The molecule has 0 N–H and O–H groups in total. The molecule has 2 aromatic rings. The molecule has 0 bridgehead atoms. The lowest BCUT2D eigenvalue weighted by molar-refractivity contribution is 0.112. The molecule has 1 fully saturated rings. The number of fused-ring (bicyclic) bond motifs is 1. The van der Waals surface area contributed by atoms with Crippen LogP contribution < -0.4 is 0 Å². The lowest BCUT2D eigenvalue weighted by atomic mass is 9.98. The Morgan fingerprint density at radius 2 is 2.33 bits per heavy atom. The van der Waals surface area contributed by atoms with Gasteiger partial charge in [0.05, 0.1) is 5.52 Å². The van der Waals surface area contributed by atoms with E-state index in [1.807, 2.05) is 24.4 Å². The first kappa shape index (κ1) is 11.4. The molecule has 3 heterocycles. The summed E-state index contributed by atoms with van der Waals surface area (Å²) in [6.07, 6.45) is 5.20. The van der Waals surface area contributed by atoms with Crippen LogP contribution in [0.1, 0.15) is 35.1 Å². The number of nitrogens with zero attached hydrogens (tertiary/aromatic N) is 3. The van der Waals surface area contributed by atoms with Gasteiger partial charge in [-0.15, -0.1) is 0 Å². The first-order chi connectivity index (χ1) is 8.79. The number of rotatable bonds is 2. The molecular formula is C14H17N3O. The molecule has 4 nitrogen and oxygen atoms in total. The Balaban J connectivity index is 2.08. The van der Waals surface area contributed by atoms with Crippen LogP contribution in [0, 0.1) is 0 Å². The quantitative estimate of drug-likeness (QED) is 0.757. The van der Waals surface area contributed by atoms with E-state index in [0.29, 0.717) is 11.6 Å². The third kappa shape index (κ3) is 1.82. The fraction of sp³-hybridized carbons (Fsp3) is 0.429. The van der Waals surface area contributed by atoms with Crippen molar-refractivity contribution in [2.45, 2.75) is 18.8 Å². The summed E-state index contributed by atoms with van der Waals surface area (Å²) in [5, 5.41) is 0. The lowest BCUT2D eigenvalue weighted by Gasteiger charge is -2.28. The van der Waals surface area contributed by atoms with Crippen molar-refractivity contribution < 1.29 is 4.79 Å². The molecule has 1 unspecified atom stereocenters. The van der Waals surface area contributed by atoms with Gasteiger partial charge in [0.25, 0.3) is 0 Å². The molecule has 1 atom stereocenters. The third-order valence-electron chi connectivity index (χ3n) is 3.71. The second-order valence-electron chi connectivity index (χ2n) is 5.03. The van der Waals surface area contributed by atoms with Crippen LogP contribution >= 0.6 is 0 Å². The number of aldehydes is 1. The minimum absolute atomic E-state index is 0.423. The Labute approximate surface area is 106 Å². The molecule has 2 aromatic heterocycles. The van der Waals surface area contributed by atoms with Gasteiger partial charge in [0.2, 0.25) is 0 Å². The van der Waals surface area contributed by atoms with E-state index in [0.717, 1.165) is 37.1 Å². The third-order valence-corrected chi connectivity index (χ3v) is 3.71. The van der Waals surface area contributed by atoms with Gasteiger partial charge in [-0.2, -0.15) is 0 Å². The van der Waals surface area contributed by atoms with Crippen molar-refractivity contribution in [3.05, 3.63) is 35.9 Å². The van der Waals surface area contributed by atoms with Crippen molar-refractivity contribution in [1.29, 1.82) is 0 Å². The Bertz CT molecular complexity index is 575. The summed E-state index contributed by atoms with van der Waals surface area (Å²) in [6, 6.07) is 5.88. The summed E-state index contributed by atoms with van der Waals surface area (Å²) in [7, 11) is 2.14. The van der Waals surface area contributed by atoms with Gasteiger partial charge in [0.1, 0.15) is 11.5 Å². The zero-order valence-corrected chi connectivity index (χ0v) is 10.5. The van der Waals surface area contributed by atoms with Gasteiger partial charge in [-0.3, -0.25) is 4.79 Å². The zero-order valence-electron chi connectivity index (χ0n) is 10.5. The number of carbonyl (C=O) groups excluding carboxylic acids is 1. The zero-order chi connectivity index (χ0) is 12.5. The summed E-state index contributed by atoms with van der Waals surface area (Å²) in [6.45, 7) is 2.17. The van der Waals surface area contributed by atoms with E-state index in [2.05, 4.69) is 21.3 Å². The number of aromatic nitrogens is 2. The van der Waals surface area contributed by atoms with Gasteiger partial charge < -0.3 is 9.30 Å². The Hall–Kier alpha value is -1.68. The van der Waals surface area contributed by atoms with E-state index in [4.69, 9.17) is 0 Å². The molecule has 0 amide bonds. The highest BCUT2D eigenvalue weighted by Gasteiger charge is 2.23. The maximum absolute atomic E-state index is 11.1. The second-order valence-corrected chi connectivity index (χ2v) is 5.03. The highest BCUT2D eigenvalue weighted by atomic mass is 16.1. The number of imidazole rings is 1.